The van der Waals surface area contributed by atoms with E-state index in [2.05, 4.69) is 32.2 Å². The van der Waals surface area contributed by atoms with E-state index in [1.807, 2.05) is 37.4 Å². The Bertz CT molecular complexity index is 909. The van der Waals surface area contributed by atoms with Crippen LogP contribution in [-0.2, 0) is 4.79 Å². The van der Waals surface area contributed by atoms with Gasteiger partial charge in [-0.3, -0.25) is 9.36 Å². The van der Waals surface area contributed by atoms with Crippen molar-refractivity contribution in [1.82, 2.24) is 14.8 Å². The second-order valence-corrected chi connectivity index (χ2v) is 8.49. The Hall–Kier alpha value is -2.12. The lowest BCUT2D eigenvalue weighted by atomic mass is 10.1. The number of aryl methyl sites for hydroxylation is 2. The van der Waals surface area contributed by atoms with Crippen molar-refractivity contribution >= 4 is 34.7 Å². The van der Waals surface area contributed by atoms with Gasteiger partial charge in [0.15, 0.2) is 11.0 Å². The molecule has 0 bridgehead atoms. The second kappa shape index (κ2) is 7.25. The summed E-state index contributed by atoms with van der Waals surface area (Å²) < 4.78 is 2.20. The molecule has 0 atom stereocenters. The molecule has 0 aliphatic heterocycles. The number of anilines is 1. The van der Waals surface area contributed by atoms with E-state index in [1.165, 1.54) is 11.8 Å². The van der Waals surface area contributed by atoms with Gasteiger partial charge in [-0.05, 0) is 61.4 Å². The van der Waals surface area contributed by atoms with E-state index in [1.54, 1.807) is 11.3 Å². The molecule has 1 amide bonds. The number of aromatic nitrogens is 3. The summed E-state index contributed by atoms with van der Waals surface area (Å²) in [6, 6.07) is 10.6. The molecule has 5 nitrogen and oxygen atoms in total. The minimum Gasteiger partial charge on any atom is -0.325 e. The number of carbonyl (C=O) groups excluding carboxylic acids is 1. The number of hydrogen-bond donors (Lipinski definition) is 1. The predicted molar refractivity (Wildman–Crippen MR) is 107 cm³/mol. The van der Waals surface area contributed by atoms with Crippen LogP contribution in [0.4, 0.5) is 5.69 Å². The quantitative estimate of drug-likeness (QED) is 0.627. The maximum Gasteiger partial charge on any atom is 0.234 e. The zero-order valence-electron chi connectivity index (χ0n) is 14.7. The summed E-state index contributed by atoms with van der Waals surface area (Å²) in [6.07, 6.45) is 2.30. The molecule has 4 rings (SSSR count). The lowest BCUT2D eigenvalue weighted by Crippen LogP contribution is -2.14. The van der Waals surface area contributed by atoms with Crippen LogP contribution in [0.15, 0.2) is 40.9 Å². The van der Waals surface area contributed by atoms with Gasteiger partial charge in [-0.1, -0.05) is 23.9 Å². The molecule has 0 spiro atoms. The summed E-state index contributed by atoms with van der Waals surface area (Å²) in [5.74, 6) is 1.21. The average Bonchev–Trinajstić information content (AvgIpc) is 3.11. The lowest BCUT2D eigenvalue weighted by Gasteiger charge is -2.09. The average molecular weight is 385 g/mol. The minimum absolute atomic E-state index is 0.0250. The first-order valence-corrected chi connectivity index (χ1v) is 10.5. The smallest absolute Gasteiger partial charge is 0.234 e. The predicted octanol–water partition coefficient (Wildman–Crippen LogP) is 4.69. The fraction of sp³-hybridized carbons (Fsp3) is 0.316. The van der Waals surface area contributed by atoms with Crippen molar-refractivity contribution in [1.29, 1.82) is 0 Å². The van der Waals surface area contributed by atoms with E-state index in [9.17, 15) is 4.79 Å². The van der Waals surface area contributed by atoms with Crippen LogP contribution in [0.3, 0.4) is 0 Å². The summed E-state index contributed by atoms with van der Waals surface area (Å²) in [5, 5.41) is 14.6. The molecular formula is C19H20N4OS2. The molecule has 0 saturated heterocycles. The molecule has 134 valence electrons. The summed E-state index contributed by atoms with van der Waals surface area (Å²) in [7, 11) is 0. The number of rotatable bonds is 6. The molecule has 0 unspecified atom stereocenters. The van der Waals surface area contributed by atoms with Crippen molar-refractivity contribution in [2.45, 2.75) is 37.9 Å². The van der Waals surface area contributed by atoms with Gasteiger partial charge in [-0.15, -0.1) is 21.5 Å². The van der Waals surface area contributed by atoms with Crippen LogP contribution in [0.25, 0.3) is 10.7 Å². The van der Waals surface area contributed by atoms with E-state index in [0.717, 1.165) is 45.5 Å². The maximum atomic E-state index is 12.4. The molecule has 0 radical (unpaired) electrons. The third kappa shape index (κ3) is 3.83. The maximum absolute atomic E-state index is 12.4. The van der Waals surface area contributed by atoms with Gasteiger partial charge in [0.05, 0.1) is 10.6 Å². The summed E-state index contributed by atoms with van der Waals surface area (Å²) in [6.45, 7) is 4.06. The molecule has 1 aliphatic rings. The Kier molecular flexibility index (Phi) is 4.82. The van der Waals surface area contributed by atoms with Crippen LogP contribution in [0.5, 0.6) is 0 Å². The van der Waals surface area contributed by atoms with E-state index >= 15 is 0 Å². The van der Waals surface area contributed by atoms with Gasteiger partial charge in [0, 0.05) is 11.7 Å². The van der Waals surface area contributed by atoms with Crippen LogP contribution in [0, 0.1) is 13.8 Å². The lowest BCUT2D eigenvalue weighted by molar-refractivity contribution is -0.113. The van der Waals surface area contributed by atoms with Crippen LogP contribution in [-0.4, -0.2) is 26.4 Å². The van der Waals surface area contributed by atoms with Crippen molar-refractivity contribution in [2.24, 2.45) is 0 Å². The van der Waals surface area contributed by atoms with Gasteiger partial charge < -0.3 is 5.32 Å². The van der Waals surface area contributed by atoms with Gasteiger partial charge in [0.1, 0.15) is 0 Å². The zero-order chi connectivity index (χ0) is 18.1. The first-order valence-electron chi connectivity index (χ1n) is 8.60. The zero-order valence-corrected chi connectivity index (χ0v) is 16.4. The molecule has 2 aromatic heterocycles. The monoisotopic (exact) mass is 384 g/mol. The highest BCUT2D eigenvalue weighted by molar-refractivity contribution is 7.99. The first kappa shape index (κ1) is 17.3. The third-order valence-electron chi connectivity index (χ3n) is 4.16. The van der Waals surface area contributed by atoms with Crippen molar-refractivity contribution in [2.75, 3.05) is 11.1 Å². The molecule has 3 aromatic rings. The van der Waals surface area contributed by atoms with Gasteiger partial charge in [-0.25, -0.2) is 0 Å². The van der Waals surface area contributed by atoms with E-state index in [-0.39, 0.29) is 5.91 Å². The fourth-order valence-electron chi connectivity index (χ4n) is 2.99. The SMILES string of the molecule is Cc1cc(C)cc(NC(=O)CSc2nnc(-c3cccs3)n2C2CC2)c1. The van der Waals surface area contributed by atoms with E-state index in [0.29, 0.717) is 11.8 Å². The molecule has 1 aromatic carbocycles. The number of nitrogens with zero attached hydrogens (tertiary/aromatic N) is 3. The molecule has 26 heavy (non-hydrogen) atoms. The minimum atomic E-state index is -0.0250. The summed E-state index contributed by atoms with van der Waals surface area (Å²) in [4.78, 5) is 13.5. The second-order valence-electron chi connectivity index (χ2n) is 6.60. The Labute approximate surface area is 160 Å². The largest absolute Gasteiger partial charge is 0.325 e. The molecule has 1 N–H and O–H groups in total. The number of thiophene rings is 1. The van der Waals surface area contributed by atoms with Gasteiger partial charge in [0.25, 0.3) is 0 Å². The van der Waals surface area contributed by atoms with Crippen molar-refractivity contribution in [3.05, 3.63) is 46.8 Å². The van der Waals surface area contributed by atoms with Crippen LogP contribution in [0.1, 0.15) is 30.0 Å². The topological polar surface area (TPSA) is 59.8 Å². The van der Waals surface area contributed by atoms with Gasteiger partial charge in [0.2, 0.25) is 5.91 Å². The number of nitrogens with one attached hydrogen (secondary N) is 1. The molecule has 2 heterocycles. The van der Waals surface area contributed by atoms with Crippen LogP contribution < -0.4 is 5.32 Å². The summed E-state index contributed by atoms with van der Waals surface area (Å²) >= 11 is 3.12. The number of benzene rings is 1. The highest BCUT2D eigenvalue weighted by atomic mass is 32.2. The van der Waals surface area contributed by atoms with E-state index < -0.39 is 0 Å². The van der Waals surface area contributed by atoms with Gasteiger partial charge in [-0.2, -0.15) is 0 Å². The number of thioether (sulfide) groups is 1. The van der Waals surface area contributed by atoms with Crippen molar-refractivity contribution in [3.8, 4) is 10.7 Å². The van der Waals surface area contributed by atoms with Crippen molar-refractivity contribution < 1.29 is 4.79 Å². The number of carbonyl (C=O) groups is 1. The van der Waals surface area contributed by atoms with Gasteiger partial charge >= 0.3 is 0 Å². The molecule has 1 saturated carbocycles. The highest BCUT2D eigenvalue weighted by Gasteiger charge is 2.30. The summed E-state index contributed by atoms with van der Waals surface area (Å²) in [5.41, 5.74) is 3.13. The molecule has 1 fully saturated rings. The van der Waals surface area contributed by atoms with Crippen LogP contribution in [0.2, 0.25) is 0 Å². The Morgan fingerprint density at radius 3 is 2.69 bits per heavy atom. The molecular weight excluding hydrogens is 364 g/mol. The Balaban J connectivity index is 1.45. The Morgan fingerprint density at radius 2 is 2.04 bits per heavy atom. The number of amides is 1. The first-order chi connectivity index (χ1) is 12.6. The third-order valence-corrected chi connectivity index (χ3v) is 5.96. The normalized spacial score (nSPS) is 13.8. The molecule has 7 heteroatoms. The van der Waals surface area contributed by atoms with E-state index in [4.69, 9.17) is 0 Å². The fourth-order valence-corrected chi connectivity index (χ4v) is 4.50. The highest BCUT2D eigenvalue weighted by Crippen LogP contribution is 2.41. The molecule has 1 aliphatic carbocycles. The Morgan fingerprint density at radius 1 is 1.27 bits per heavy atom. The van der Waals surface area contributed by atoms with Crippen molar-refractivity contribution in [3.63, 3.8) is 0 Å². The number of hydrogen-bond acceptors (Lipinski definition) is 5. The standard InChI is InChI=1S/C19H20N4OS2/c1-12-8-13(2)10-14(9-12)20-17(24)11-26-19-22-21-18(16-4-3-7-25-16)23(19)15-5-6-15/h3-4,7-10,15H,5-6,11H2,1-2H3,(H,20,24). The van der Waals surface area contributed by atoms with Crippen LogP contribution >= 0.6 is 23.1 Å².